The lowest BCUT2D eigenvalue weighted by Gasteiger charge is -2.10. The van der Waals surface area contributed by atoms with E-state index in [0.717, 1.165) is 18.2 Å². The highest BCUT2D eigenvalue weighted by Crippen LogP contribution is 2.25. The Morgan fingerprint density at radius 1 is 1.19 bits per heavy atom. The van der Waals surface area contributed by atoms with E-state index in [0.29, 0.717) is 18.2 Å². The number of nitrogens with one attached hydrogen (secondary N) is 1. The van der Waals surface area contributed by atoms with Gasteiger partial charge in [0.15, 0.2) is 17.4 Å². The zero-order chi connectivity index (χ0) is 15.2. The minimum absolute atomic E-state index is 0.109. The predicted molar refractivity (Wildman–Crippen MR) is 73.3 cm³/mol. The van der Waals surface area contributed by atoms with Gasteiger partial charge in [0.2, 0.25) is 5.88 Å². The second-order valence-corrected chi connectivity index (χ2v) is 4.15. The standard InChI is InChI=1S/C14H15F2N3O2/c1-3-17-12-7-14(19-13(18-12)8-20-2)21-11-6-9(15)4-5-10(11)16/h4-7H,3,8H2,1-2H3,(H,17,18,19). The molecule has 0 aliphatic heterocycles. The van der Waals surface area contributed by atoms with Crippen molar-refractivity contribution in [3.8, 4) is 11.6 Å². The normalized spacial score (nSPS) is 10.5. The summed E-state index contributed by atoms with van der Waals surface area (Å²) in [6.07, 6.45) is 0. The summed E-state index contributed by atoms with van der Waals surface area (Å²) >= 11 is 0. The van der Waals surface area contributed by atoms with Gasteiger partial charge in [-0.25, -0.2) is 13.8 Å². The van der Waals surface area contributed by atoms with E-state index in [4.69, 9.17) is 9.47 Å². The Morgan fingerprint density at radius 2 is 2.00 bits per heavy atom. The van der Waals surface area contributed by atoms with Crippen LogP contribution in [0.3, 0.4) is 0 Å². The number of nitrogens with zero attached hydrogens (tertiary/aromatic N) is 2. The lowest BCUT2D eigenvalue weighted by atomic mass is 10.3. The number of benzene rings is 1. The topological polar surface area (TPSA) is 56.3 Å². The van der Waals surface area contributed by atoms with Gasteiger partial charge in [0.25, 0.3) is 0 Å². The van der Waals surface area contributed by atoms with E-state index in [9.17, 15) is 8.78 Å². The van der Waals surface area contributed by atoms with Gasteiger partial charge < -0.3 is 14.8 Å². The van der Waals surface area contributed by atoms with Crippen molar-refractivity contribution < 1.29 is 18.3 Å². The summed E-state index contributed by atoms with van der Waals surface area (Å²) in [6.45, 7) is 2.74. The van der Waals surface area contributed by atoms with Crippen LogP contribution < -0.4 is 10.1 Å². The number of halogens is 2. The lowest BCUT2D eigenvalue weighted by molar-refractivity contribution is 0.177. The highest BCUT2D eigenvalue weighted by molar-refractivity contribution is 5.40. The van der Waals surface area contributed by atoms with Crippen molar-refractivity contribution in [2.45, 2.75) is 13.5 Å². The second-order valence-electron chi connectivity index (χ2n) is 4.15. The van der Waals surface area contributed by atoms with Crippen LogP contribution in [0.2, 0.25) is 0 Å². The van der Waals surface area contributed by atoms with E-state index in [1.54, 1.807) is 0 Å². The summed E-state index contributed by atoms with van der Waals surface area (Å²) in [7, 11) is 1.51. The average molecular weight is 295 g/mol. The predicted octanol–water partition coefficient (Wildman–Crippen LogP) is 3.13. The molecule has 0 saturated carbocycles. The quantitative estimate of drug-likeness (QED) is 0.887. The molecule has 0 unspecified atom stereocenters. The Kier molecular flexibility index (Phi) is 4.99. The number of aromatic nitrogens is 2. The zero-order valence-corrected chi connectivity index (χ0v) is 11.7. The van der Waals surface area contributed by atoms with Crippen LogP contribution in [0.15, 0.2) is 24.3 Å². The molecule has 1 aromatic carbocycles. The second kappa shape index (κ2) is 6.94. The fourth-order valence-corrected chi connectivity index (χ4v) is 1.66. The fourth-order valence-electron chi connectivity index (χ4n) is 1.66. The molecule has 1 N–H and O–H groups in total. The van der Waals surface area contributed by atoms with Crippen LogP contribution >= 0.6 is 0 Å². The van der Waals surface area contributed by atoms with Crippen LogP contribution in [0.25, 0.3) is 0 Å². The third-order valence-electron chi connectivity index (χ3n) is 2.49. The van der Waals surface area contributed by atoms with E-state index in [1.165, 1.54) is 13.2 Å². The molecule has 0 bridgehead atoms. The van der Waals surface area contributed by atoms with E-state index >= 15 is 0 Å². The molecule has 1 aromatic heterocycles. The molecule has 0 spiro atoms. The number of anilines is 1. The molecular weight excluding hydrogens is 280 g/mol. The first kappa shape index (κ1) is 15.1. The first-order valence-electron chi connectivity index (χ1n) is 6.36. The Balaban J connectivity index is 2.31. The van der Waals surface area contributed by atoms with Gasteiger partial charge in [-0.1, -0.05) is 0 Å². The molecule has 1 heterocycles. The number of hydrogen-bond donors (Lipinski definition) is 1. The Hall–Kier alpha value is -2.28. The SMILES string of the molecule is CCNc1cc(Oc2cc(F)ccc2F)nc(COC)n1. The third-order valence-corrected chi connectivity index (χ3v) is 2.49. The van der Waals surface area contributed by atoms with Crippen molar-refractivity contribution in [1.82, 2.24) is 9.97 Å². The first-order valence-corrected chi connectivity index (χ1v) is 6.36. The van der Waals surface area contributed by atoms with Crippen molar-refractivity contribution in [3.63, 3.8) is 0 Å². The highest BCUT2D eigenvalue weighted by atomic mass is 19.1. The summed E-state index contributed by atoms with van der Waals surface area (Å²) in [4.78, 5) is 8.28. The first-order chi connectivity index (χ1) is 10.1. The number of hydrogen-bond acceptors (Lipinski definition) is 5. The minimum Gasteiger partial charge on any atom is -0.436 e. The summed E-state index contributed by atoms with van der Waals surface area (Å²) in [6, 6.07) is 4.48. The number of methoxy groups -OCH3 is 1. The van der Waals surface area contributed by atoms with E-state index in [1.807, 2.05) is 6.92 Å². The third kappa shape index (κ3) is 4.09. The summed E-state index contributed by atoms with van der Waals surface area (Å²) in [5.41, 5.74) is 0. The molecule has 0 aliphatic carbocycles. The van der Waals surface area contributed by atoms with E-state index in [2.05, 4.69) is 15.3 Å². The Morgan fingerprint density at radius 3 is 2.71 bits per heavy atom. The maximum absolute atomic E-state index is 13.6. The van der Waals surface area contributed by atoms with Crippen molar-refractivity contribution in [2.75, 3.05) is 19.0 Å². The molecule has 0 saturated heterocycles. The molecule has 112 valence electrons. The highest BCUT2D eigenvalue weighted by Gasteiger charge is 2.10. The van der Waals surface area contributed by atoms with Gasteiger partial charge in [-0.05, 0) is 19.1 Å². The summed E-state index contributed by atoms with van der Waals surface area (Å²) in [5.74, 6) is -0.496. The van der Waals surface area contributed by atoms with Crippen molar-refractivity contribution in [2.24, 2.45) is 0 Å². The molecule has 0 radical (unpaired) electrons. The van der Waals surface area contributed by atoms with Gasteiger partial charge in [0.1, 0.15) is 18.2 Å². The largest absolute Gasteiger partial charge is 0.436 e. The van der Waals surface area contributed by atoms with Gasteiger partial charge in [-0.2, -0.15) is 4.98 Å². The maximum Gasteiger partial charge on any atom is 0.224 e. The number of ether oxygens (including phenoxy) is 2. The van der Waals surface area contributed by atoms with Crippen LogP contribution in [0.5, 0.6) is 11.6 Å². The summed E-state index contributed by atoms with van der Waals surface area (Å²) in [5, 5.41) is 3.00. The van der Waals surface area contributed by atoms with Crippen LogP contribution in [-0.2, 0) is 11.3 Å². The van der Waals surface area contributed by atoms with Crippen LogP contribution in [0.4, 0.5) is 14.6 Å². The van der Waals surface area contributed by atoms with E-state index in [-0.39, 0.29) is 18.2 Å². The Labute approximate surface area is 120 Å². The number of rotatable bonds is 6. The summed E-state index contributed by atoms with van der Waals surface area (Å²) < 4.78 is 37.0. The monoisotopic (exact) mass is 295 g/mol. The van der Waals surface area contributed by atoms with Crippen LogP contribution in [0, 0.1) is 11.6 Å². The zero-order valence-electron chi connectivity index (χ0n) is 11.7. The smallest absolute Gasteiger partial charge is 0.224 e. The minimum atomic E-state index is -0.673. The van der Waals surface area contributed by atoms with Crippen LogP contribution in [0.1, 0.15) is 12.7 Å². The molecule has 2 rings (SSSR count). The van der Waals surface area contributed by atoms with Crippen molar-refractivity contribution in [1.29, 1.82) is 0 Å². The van der Waals surface area contributed by atoms with Gasteiger partial charge >= 0.3 is 0 Å². The molecule has 0 atom stereocenters. The van der Waals surface area contributed by atoms with Crippen molar-refractivity contribution in [3.05, 3.63) is 41.7 Å². The van der Waals surface area contributed by atoms with Gasteiger partial charge in [-0.15, -0.1) is 0 Å². The molecular formula is C14H15F2N3O2. The molecule has 5 nitrogen and oxygen atoms in total. The van der Waals surface area contributed by atoms with Gasteiger partial charge in [-0.3, -0.25) is 0 Å². The Bertz CT molecular complexity index is 599. The van der Waals surface area contributed by atoms with Gasteiger partial charge in [0, 0.05) is 25.8 Å². The van der Waals surface area contributed by atoms with Crippen LogP contribution in [-0.4, -0.2) is 23.6 Å². The molecule has 7 heteroatoms. The van der Waals surface area contributed by atoms with E-state index < -0.39 is 11.6 Å². The fraction of sp³-hybridized carbons (Fsp3) is 0.286. The maximum atomic E-state index is 13.6. The molecule has 0 amide bonds. The molecule has 21 heavy (non-hydrogen) atoms. The molecule has 0 aliphatic rings. The van der Waals surface area contributed by atoms with Crippen molar-refractivity contribution >= 4 is 5.82 Å². The molecule has 2 aromatic rings. The average Bonchev–Trinajstić information content (AvgIpc) is 2.43. The van der Waals surface area contributed by atoms with Gasteiger partial charge in [0.05, 0.1) is 0 Å². The lowest BCUT2D eigenvalue weighted by Crippen LogP contribution is -2.05. The molecule has 0 fully saturated rings.